The Labute approximate surface area is 109 Å². The molecule has 6 nitrogen and oxygen atoms in total. The number of thiocarbonyl (C=S) groups is 1. The van der Waals surface area contributed by atoms with Crippen molar-refractivity contribution < 1.29 is 8.42 Å². The van der Waals surface area contributed by atoms with E-state index in [9.17, 15) is 8.42 Å². The first kappa shape index (κ1) is 14.8. The van der Waals surface area contributed by atoms with Crippen LogP contribution in [0.5, 0.6) is 0 Å². The quantitative estimate of drug-likeness (QED) is 0.675. The van der Waals surface area contributed by atoms with E-state index in [4.69, 9.17) is 18.0 Å². The fourth-order valence-electron chi connectivity index (χ4n) is 1.73. The number of hydrogen-bond donors (Lipinski definition) is 1. The van der Waals surface area contributed by atoms with Crippen molar-refractivity contribution in [1.29, 1.82) is 0 Å². The fourth-order valence-corrected chi connectivity index (χ4v) is 2.97. The maximum absolute atomic E-state index is 11.9. The van der Waals surface area contributed by atoms with Gasteiger partial charge in [0.05, 0.1) is 11.0 Å². The van der Waals surface area contributed by atoms with E-state index in [1.165, 1.54) is 8.61 Å². The Morgan fingerprint density at radius 3 is 2.12 bits per heavy atom. The molecule has 2 N–H and O–H groups in total. The highest BCUT2D eigenvalue weighted by atomic mass is 32.2. The summed E-state index contributed by atoms with van der Waals surface area (Å²) in [5, 5.41) is 0. The molecule has 1 unspecified atom stereocenters. The molecule has 1 saturated heterocycles. The average molecular weight is 280 g/mol. The average Bonchev–Trinajstić information content (AvgIpc) is 2.27. The Balaban J connectivity index is 2.60. The van der Waals surface area contributed by atoms with Crippen LogP contribution in [-0.2, 0) is 10.2 Å². The molecular formula is C9H20N4O2S2. The lowest BCUT2D eigenvalue weighted by Crippen LogP contribution is -2.55. The van der Waals surface area contributed by atoms with Crippen LogP contribution in [-0.4, -0.2) is 73.2 Å². The highest BCUT2D eigenvalue weighted by Crippen LogP contribution is 2.11. The molecule has 0 aromatic rings. The molecule has 1 aliphatic heterocycles. The summed E-state index contributed by atoms with van der Waals surface area (Å²) in [6.07, 6.45) is 0. The third kappa shape index (κ3) is 3.35. The first-order chi connectivity index (χ1) is 7.76. The minimum absolute atomic E-state index is 0.0224. The van der Waals surface area contributed by atoms with E-state index in [2.05, 4.69) is 4.90 Å². The lowest BCUT2D eigenvalue weighted by atomic mass is 10.2. The van der Waals surface area contributed by atoms with Gasteiger partial charge >= 0.3 is 0 Å². The molecule has 0 spiro atoms. The molecule has 0 aliphatic carbocycles. The molecule has 1 heterocycles. The van der Waals surface area contributed by atoms with E-state index in [0.717, 1.165) is 0 Å². The van der Waals surface area contributed by atoms with E-state index >= 15 is 0 Å². The molecule has 0 bridgehead atoms. The van der Waals surface area contributed by atoms with Crippen LogP contribution in [0.15, 0.2) is 0 Å². The van der Waals surface area contributed by atoms with Gasteiger partial charge in [0.2, 0.25) is 0 Å². The summed E-state index contributed by atoms with van der Waals surface area (Å²) >= 11 is 4.94. The SMILES string of the molecule is CC(C(N)=S)N1CCN(S(=O)(=O)N(C)C)CC1. The molecule has 0 radical (unpaired) electrons. The Morgan fingerprint density at radius 1 is 1.29 bits per heavy atom. The van der Waals surface area contributed by atoms with Gasteiger partial charge in [-0.25, -0.2) is 0 Å². The van der Waals surface area contributed by atoms with Crippen molar-refractivity contribution in [3.8, 4) is 0 Å². The van der Waals surface area contributed by atoms with Crippen LogP contribution in [0.3, 0.4) is 0 Å². The lowest BCUT2D eigenvalue weighted by Gasteiger charge is -2.37. The number of hydrogen-bond acceptors (Lipinski definition) is 4. The van der Waals surface area contributed by atoms with Gasteiger partial charge in [-0.2, -0.15) is 17.0 Å². The van der Waals surface area contributed by atoms with Crippen LogP contribution in [0.25, 0.3) is 0 Å². The molecule has 100 valence electrons. The number of rotatable bonds is 4. The minimum atomic E-state index is -3.29. The van der Waals surface area contributed by atoms with E-state index < -0.39 is 10.2 Å². The van der Waals surface area contributed by atoms with Crippen molar-refractivity contribution >= 4 is 27.4 Å². The highest BCUT2D eigenvalue weighted by Gasteiger charge is 2.30. The van der Waals surface area contributed by atoms with E-state index in [1.54, 1.807) is 14.1 Å². The minimum Gasteiger partial charge on any atom is -0.392 e. The van der Waals surface area contributed by atoms with Gasteiger partial charge in [-0.3, -0.25) is 4.90 Å². The van der Waals surface area contributed by atoms with Gasteiger partial charge in [0.1, 0.15) is 0 Å². The normalized spacial score (nSPS) is 21.6. The van der Waals surface area contributed by atoms with Crippen LogP contribution >= 0.6 is 12.2 Å². The smallest absolute Gasteiger partial charge is 0.281 e. The molecule has 0 aromatic carbocycles. The van der Waals surface area contributed by atoms with Gasteiger partial charge in [0.15, 0.2) is 0 Å². The summed E-state index contributed by atoms with van der Waals surface area (Å²) in [6.45, 7) is 4.22. The molecular weight excluding hydrogens is 260 g/mol. The predicted molar refractivity (Wildman–Crippen MR) is 72.0 cm³/mol. The molecule has 0 aromatic heterocycles. The lowest BCUT2D eigenvalue weighted by molar-refractivity contribution is 0.171. The molecule has 8 heteroatoms. The standard InChI is InChI=1S/C9H20N4O2S2/c1-8(9(10)16)12-4-6-13(7-5-12)17(14,15)11(2)3/h8H,4-7H2,1-3H3,(H2,10,16). The van der Waals surface area contributed by atoms with Crippen LogP contribution in [0, 0.1) is 0 Å². The van der Waals surface area contributed by atoms with Crippen LogP contribution in [0.2, 0.25) is 0 Å². The van der Waals surface area contributed by atoms with Crippen molar-refractivity contribution in [1.82, 2.24) is 13.5 Å². The fraction of sp³-hybridized carbons (Fsp3) is 0.889. The van der Waals surface area contributed by atoms with Crippen molar-refractivity contribution in [2.75, 3.05) is 40.3 Å². The maximum Gasteiger partial charge on any atom is 0.281 e. The second-order valence-corrected chi connectivity index (χ2v) is 6.92. The Hall–Kier alpha value is -0.280. The summed E-state index contributed by atoms with van der Waals surface area (Å²) in [7, 11) is -0.211. The van der Waals surface area contributed by atoms with Crippen molar-refractivity contribution in [2.45, 2.75) is 13.0 Å². The van der Waals surface area contributed by atoms with Crippen molar-refractivity contribution in [3.63, 3.8) is 0 Å². The second kappa shape index (κ2) is 5.57. The molecule has 1 aliphatic rings. The molecule has 17 heavy (non-hydrogen) atoms. The number of piperazine rings is 1. The van der Waals surface area contributed by atoms with Crippen LogP contribution in [0.4, 0.5) is 0 Å². The van der Waals surface area contributed by atoms with Crippen molar-refractivity contribution in [2.24, 2.45) is 5.73 Å². The third-order valence-corrected chi connectivity index (χ3v) is 5.30. The van der Waals surface area contributed by atoms with E-state index in [0.29, 0.717) is 31.2 Å². The summed E-state index contributed by atoms with van der Waals surface area (Å²) in [5.41, 5.74) is 5.59. The van der Waals surface area contributed by atoms with Gasteiger partial charge < -0.3 is 5.73 Å². The zero-order valence-corrected chi connectivity index (χ0v) is 12.1. The van der Waals surface area contributed by atoms with E-state index in [1.807, 2.05) is 6.92 Å². The van der Waals surface area contributed by atoms with Gasteiger partial charge in [0.25, 0.3) is 10.2 Å². The first-order valence-corrected chi connectivity index (χ1v) is 7.28. The Morgan fingerprint density at radius 2 is 1.76 bits per heavy atom. The monoisotopic (exact) mass is 280 g/mol. The molecule has 1 fully saturated rings. The number of nitrogens with two attached hydrogens (primary N) is 1. The maximum atomic E-state index is 11.9. The third-order valence-electron chi connectivity index (χ3n) is 3.02. The predicted octanol–water partition coefficient (Wildman–Crippen LogP) is -0.915. The largest absolute Gasteiger partial charge is 0.392 e. The van der Waals surface area contributed by atoms with Gasteiger partial charge in [-0.1, -0.05) is 12.2 Å². The summed E-state index contributed by atoms with van der Waals surface area (Å²) in [4.78, 5) is 2.55. The zero-order chi connectivity index (χ0) is 13.2. The van der Waals surface area contributed by atoms with Crippen LogP contribution < -0.4 is 5.73 Å². The zero-order valence-electron chi connectivity index (χ0n) is 10.5. The Bertz CT molecular complexity index is 374. The Kier molecular flexibility index (Phi) is 4.85. The van der Waals surface area contributed by atoms with Crippen LogP contribution in [0.1, 0.15) is 6.92 Å². The second-order valence-electron chi connectivity index (χ2n) is 4.30. The topological polar surface area (TPSA) is 69.9 Å². The molecule has 0 saturated carbocycles. The van der Waals surface area contributed by atoms with Gasteiger partial charge in [-0.15, -0.1) is 0 Å². The highest BCUT2D eigenvalue weighted by molar-refractivity contribution is 7.86. The van der Waals surface area contributed by atoms with E-state index in [-0.39, 0.29) is 6.04 Å². The first-order valence-electron chi connectivity index (χ1n) is 5.47. The number of nitrogens with zero attached hydrogens (tertiary/aromatic N) is 3. The summed E-state index contributed by atoms with van der Waals surface area (Å²) < 4.78 is 26.5. The molecule has 0 amide bonds. The molecule has 1 atom stereocenters. The summed E-state index contributed by atoms with van der Waals surface area (Å²) in [5.74, 6) is 0. The van der Waals surface area contributed by atoms with Gasteiger partial charge in [0, 0.05) is 40.3 Å². The molecule has 1 rings (SSSR count). The van der Waals surface area contributed by atoms with Crippen molar-refractivity contribution in [3.05, 3.63) is 0 Å². The summed E-state index contributed by atoms with van der Waals surface area (Å²) in [6, 6.07) is 0.0224. The van der Waals surface area contributed by atoms with Gasteiger partial charge in [-0.05, 0) is 6.92 Å².